The third-order valence-electron chi connectivity index (χ3n) is 7.16. The summed E-state index contributed by atoms with van der Waals surface area (Å²) in [5.41, 5.74) is 5.71. The highest BCUT2D eigenvalue weighted by molar-refractivity contribution is 5.78. The summed E-state index contributed by atoms with van der Waals surface area (Å²) in [5, 5.41) is 9.58. The number of benzene rings is 1. The summed E-state index contributed by atoms with van der Waals surface area (Å²) in [6.07, 6.45) is 11.5. The van der Waals surface area contributed by atoms with Gasteiger partial charge in [0, 0.05) is 24.7 Å². The Morgan fingerprint density at radius 1 is 1.19 bits per heavy atom. The van der Waals surface area contributed by atoms with Gasteiger partial charge in [0.15, 0.2) is 0 Å². The molecule has 4 rings (SSSR count). The predicted molar refractivity (Wildman–Crippen MR) is 148 cm³/mol. The lowest BCUT2D eigenvalue weighted by molar-refractivity contribution is 0.518. The highest BCUT2D eigenvalue weighted by Gasteiger charge is 2.31. The molecule has 192 valence electrons. The van der Waals surface area contributed by atoms with Gasteiger partial charge in [-0.3, -0.25) is 4.99 Å². The van der Waals surface area contributed by atoms with E-state index in [4.69, 9.17) is 0 Å². The number of aromatic nitrogens is 2. The Balaban J connectivity index is 1.38. The van der Waals surface area contributed by atoms with E-state index in [-0.39, 0.29) is 11.7 Å². The summed E-state index contributed by atoms with van der Waals surface area (Å²) < 4.78 is 14.7. The van der Waals surface area contributed by atoms with Gasteiger partial charge in [-0.1, -0.05) is 56.7 Å². The minimum Gasteiger partial charge on any atom is -0.359 e. The Hall–Kier alpha value is -3.03. The molecule has 0 saturated heterocycles. The van der Waals surface area contributed by atoms with Crippen LogP contribution in [-0.4, -0.2) is 42.9 Å². The highest BCUT2D eigenvalue weighted by Crippen LogP contribution is 2.32. The van der Waals surface area contributed by atoms with Crippen LogP contribution in [0.5, 0.6) is 0 Å². The Bertz CT molecular complexity index is 1130. The number of nitrogens with zero attached hydrogens (tertiary/aromatic N) is 2. The standard InChI is InChI=1S/C29H39FN6/c1-5-6-24(31-3)29-35-18-26(36-29)22-11-7-20(8-12-22)21-9-13-23(14-10-21)27(32-4)28(30)34-16-15-33-25-17-19(25)2/h7,9-11,13-14,18-19,24-25,31,33-34H,4-6,8,12,15-17H2,1-3H3,(H,35,36)/b28-27-. The van der Waals surface area contributed by atoms with Crippen LogP contribution in [0, 0.1) is 5.92 Å². The summed E-state index contributed by atoms with van der Waals surface area (Å²) >= 11 is 0. The van der Waals surface area contributed by atoms with E-state index >= 15 is 0 Å². The molecule has 36 heavy (non-hydrogen) atoms. The van der Waals surface area contributed by atoms with Crippen LogP contribution in [0.25, 0.3) is 16.8 Å². The first kappa shape index (κ1) is 26.0. The van der Waals surface area contributed by atoms with Gasteiger partial charge >= 0.3 is 0 Å². The number of rotatable bonds is 13. The van der Waals surface area contributed by atoms with E-state index in [2.05, 4.69) is 63.6 Å². The Kier molecular flexibility index (Phi) is 8.88. The second-order valence-corrected chi connectivity index (χ2v) is 9.79. The minimum absolute atomic E-state index is 0.249. The Labute approximate surface area is 214 Å². The summed E-state index contributed by atoms with van der Waals surface area (Å²) in [6, 6.07) is 8.73. The molecule has 0 amide bonds. The number of hydrogen-bond donors (Lipinski definition) is 4. The fraction of sp³-hybridized carbons (Fsp3) is 0.448. The van der Waals surface area contributed by atoms with E-state index in [9.17, 15) is 4.39 Å². The van der Waals surface area contributed by atoms with Crippen molar-refractivity contribution in [2.24, 2.45) is 10.9 Å². The number of H-pyrrole nitrogens is 1. The van der Waals surface area contributed by atoms with E-state index in [1.165, 1.54) is 17.6 Å². The van der Waals surface area contributed by atoms with E-state index in [1.807, 2.05) is 37.5 Å². The molecule has 3 unspecified atom stereocenters. The van der Waals surface area contributed by atoms with E-state index in [1.54, 1.807) is 0 Å². The second-order valence-electron chi connectivity index (χ2n) is 9.79. The molecule has 7 heteroatoms. The van der Waals surface area contributed by atoms with Crippen molar-refractivity contribution in [2.45, 2.75) is 58.0 Å². The van der Waals surface area contributed by atoms with Crippen molar-refractivity contribution >= 4 is 23.6 Å². The molecule has 2 aromatic rings. The molecule has 3 atom stereocenters. The van der Waals surface area contributed by atoms with Crippen molar-refractivity contribution in [3.05, 3.63) is 71.2 Å². The van der Waals surface area contributed by atoms with Crippen LogP contribution in [-0.2, 0) is 0 Å². The van der Waals surface area contributed by atoms with E-state index in [0.717, 1.165) is 55.2 Å². The number of aromatic amines is 1. The molecule has 1 fully saturated rings. The van der Waals surface area contributed by atoms with Crippen molar-refractivity contribution < 1.29 is 4.39 Å². The normalized spacial score (nSPS) is 20.8. The van der Waals surface area contributed by atoms with Gasteiger partial charge in [-0.15, -0.1) is 0 Å². The lowest BCUT2D eigenvalue weighted by Crippen LogP contribution is -2.28. The van der Waals surface area contributed by atoms with Crippen LogP contribution in [0.3, 0.4) is 0 Å². The molecule has 2 aliphatic rings. The molecule has 0 bridgehead atoms. The quantitative estimate of drug-likeness (QED) is 0.167. The molecule has 0 spiro atoms. The maximum Gasteiger partial charge on any atom is 0.213 e. The maximum atomic E-state index is 14.7. The molecule has 1 saturated carbocycles. The zero-order valence-electron chi connectivity index (χ0n) is 21.7. The topological polar surface area (TPSA) is 77.1 Å². The zero-order chi connectivity index (χ0) is 25.5. The van der Waals surface area contributed by atoms with Crippen LogP contribution in [0.2, 0.25) is 0 Å². The number of halogens is 1. The fourth-order valence-electron chi connectivity index (χ4n) is 4.74. The molecule has 1 aromatic carbocycles. The van der Waals surface area contributed by atoms with Crippen LogP contribution < -0.4 is 16.0 Å². The molecular formula is C29H39FN6. The van der Waals surface area contributed by atoms with E-state index < -0.39 is 5.95 Å². The summed E-state index contributed by atoms with van der Waals surface area (Å²) in [4.78, 5) is 12.1. The summed E-state index contributed by atoms with van der Waals surface area (Å²) in [7, 11) is 1.98. The second kappa shape index (κ2) is 12.3. The molecular weight excluding hydrogens is 451 g/mol. The van der Waals surface area contributed by atoms with E-state index in [0.29, 0.717) is 18.2 Å². The van der Waals surface area contributed by atoms with Crippen LogP contribution in [0.15, 0.2) is 53.6 Å². The number of aliphatic imine (C=N–C) groups is 1. The molecule has 2 aliphatic carbocycles. The van der Waals surface area contributed by atoms with Gasteiger partial charge in [-0.25, -0.2) is 4.98 Å². The third-order valence-corrected chi connectivity index (χ3v) is 7.16. The van der Waals surface area contributed by atoms with Gasteiger partial charge in [0.05, 0.1) is 17.9 Å². The molecule has 1 aromatic heterocycles. The van der Waals surface area contributed by atoms with Gasteiger partial charge in [0.1, 0.15) is 11.5 Å². The lowest BCUT2D eigenvalue weighted by Gasteiger charge is -2.15. The van der Waals surface area contributed by atoms with Crippen molar-refractivity contribution in [1.29, 1.82) is 0 Å². The van der Waals surface area contributed by atoms with Gasteiger partial charge in [-0.05, 0) is 62.1 Å². The van der Waals surface area contributed by atoms with Crippen molar-refractivity contribution in [3.63, 3.8) is 0 Å². The van der Waals surface area contributed by atoms with Crippen molar-refractivity contribution in [3.8, 4) is 0 Å². The maximum absolute atomic E-state index is 14.7. The SMILES string of the molecule is C=N/C(=C(/F)NCCNC1CC1C)c1ccc(C2=CC=C(c3cnc(C(CCC)NC)[nH]3)CC2)cc1. The minimum atomic E-state index is -0.439. The number of nitrogens with one attached hydrogen (secondary N) is 4. The molecule has 0 radical (unpaired) electrons. The number of imidazole rings is 1. The smallest absolute Gasteiger partial charge is 0.213 e. The fourth-order valence-corrected chi connectivity index (χ4v) is 4.74. The number of allylic oxidation sites excluding steroid dienone is 4. The van der Waals surface area contributed by atoms with Crippen LogP contribution in [0.4, 0.5) is 4.39 Å². The Morgan fingerprint density at radius 3 is 2.53 bits per heavy atom. The first-order chi connectivity index (χ1) is 17.5. The average molecular weight is 491 g/mol. The highest BCUT2D eigenvalue weighted by atomic mass is 19.1. The van der Waals surface area contributed by atoms with Crippen LogP contribution in [0.1, 0.15) is 74.6 Å². The van der Waals surface area contributed by atoms with Gasteiger partial charge in [-0.2, -0.15) is 4.39 Å². The van der Waals surface area contributed by atoms with Crippen LogP contribution >= 0.6 is 0 Å². The van der Waals surface area contributed by atoms with Gasteiger partial charge in [0.2, 0.25) is 5.95 Å². The predicted octanol–water partition coefficient (Wildman–Crippen LogP) is 5.61. The molecule has 1 heterocycles. The zero-order valence-corrected chi connectivity index (χ0v) is 21.7. The number of hydrogen-bond acceptors (Lipinski definition) is 5. The molecule has 4 N–H and O–H groups in total. The monoisotopic (exact) mass is 490 g/mol. The first-order valence-electron chi connectivity index (χ1n) is 13.1. The van der Waals surface area contributed by atoms with Crippen molar-refractivity contribution in [1.82, 2.24) is 25.9 Å². The lowest BCUT2D eigenvalue weighted by atomic mass is 9.91. The van der Waals surface area contributed by atoms with Gasteiger partial charge < -0.3 is 20.9 Å². The first-order valence-corrected chi connectivity index (χ1v) is 13.1. The Morgan fingerprint density at radius 2 is 1.92 bits per heavy atom. The molecule has 0 aliphatic heterocycles. The van der Waals surface area contributed by atoms with Crippen molar-refractivity contribution in [2.75, 3.05) is 20.1 Å². The largest absolute Gasteiger partial charge is 0.359 e. The average Bonchev–Trinajstić information content (AvgIpc) is 3.39. The summed E-state index contributed by atoms with van der Waals surface area (Å²) in [5.74, 6) is 1.29. The molecule has 6 nitrogen and oxygen atoms in total. The van der Waals surface area contributed by atoms with Gasteiger partial charge in [0.25, 0.3) is 0 Å². The summed E-state index contributed by atoms with van der Waals surface area (Å²) in [6.45, 7) is 9.22. The third kappa shape index (κ3) is 6.39.